The molecule has 8 heteroatoms. The first-order chi connectivity index (χ1) is 10.1. The van der Waals surface area contributed by atoms with E-state index in [1.165, 1.54) is 16.2 Å². The molecule has 0 aliphatic carbocycles. The van der Waals surface area contributed by atoms with Crippen molar-refractivity contribution in [2.75, 3.05) is 6.54 Å². The molecule has 108 valence electrons. The van der Waals surface area contributed by atoms with Gasteiger partial charge in [0.1, 0.15) is 10.9 Å². The Morgan fingerprint density at radius 2 is 2.29 bits per heavy atom. The fraction of sp³-hybridized carbons (Fsp3) is 0.308. The second-order valence-electron chi connectivity index (χ2n) is 4.96. The number of likely N-dealkylation sites (tertiary alicyclic amines) is 1. The van der Waals surface area contributed by atoms with E-state index in [0.717, 1.165) is 21.7 Å². The van der Waals surface area contributed by atoms with Gasteiger partial charge in [0.15, 0.2) is 4.96 Å². The van der Waals surface area contributed by atoms with E-state index in [2.05, 4.69) is 4.98 Å². The van der Waals surface area contributed by atoms with E-state index in [1.807, 2.05) is 22.0 Å². The van der Waals surface area contributed by atoms with Gasteiger partial charge < -0.3 is 10.0 Å². The van der Waals surface area contributed by atoms with Crippen molar-refractivity contribution in [3.63, 3.8) is 0 Å². The maximum Gasteiger partial charge on any atom is 0.326 e. The zero-order valence-corrected chi connectivity index (χ0v) is 12.5. The van der Waals surface area contributed by atoms with Crippen molar-refractivity contribution < 1.29 is 14.7 Å². The number of hydrogen-bond acceptors (Lipinski definition) is 5. The number of aliphatic carboxylic acids is 1. The number of thiazole rings is 1. The van der Waals surface area contributed by atoms with Gasteiger partial charge in [-0.05, 0) is 18.9 Å². The number of carbonyl (C=O) groups excluding carboxylic acids is 1. The Morgan fingerprint density at radius 1 is 1.43 bits per heavy atom. The molecule has 1 atom stereocenters. The molecule has 0 bridgehead atoms. The molecule has 0 spiro atoms. The Balaban J connectivity index is 1.73. The third-order valence-electron chi connectivity index (χ3n) is 3.75. The van der Waals surface area contributed by atoms with Crippen LogP contribution in [0.2, 0.25) is 0 Å². The van der Waals surface area contributed by atoms with Gasteiger partial charge in [-0.15, -0.1) is 22.7 Å². The Hall–Kier alpha value is -1.93. The predicted molar refractivity (Wildman–Crippen MR) is 80.1 cm³/mol. The summed E-state index contributed by atoms with van der Waals surface area (Å²) in [4.78, 5) is 32.0. The van der Waals surface area contributed by atoms with Gasteiger partial charge in [-0.1, -0.05) is 0 Å². The average Bonchev–Trinajstić information content (AvgIpc) is 3.18. The van der Waals surface area contributed by atoms with Gasteiger partial charge in [0.2, 0.25) is 0 Å². The molecule has 4 rings (SSSR count). The summed E-state index contributed by atoms with van der Waals surface area (Å²) in [5.74, 6) is -1.13. The molecule has 1 amide bonds. The zero-order chi connectivity index (χ0) is 14.6. The molecule has 0 radical (unpaired) electrons. The fourth-order valence-corrected chi connectivity index (χ4v) is 4.52. The first kappa shape index (κ1) is 12.8. The highest BCUT2D eigenvalue weighted by atomic mass is 32.1. The smallest absolute Gasteiger partial charge is 0.326 e. The molecule has 1 N–H and O–H groups in total. The molecule has 21 heavy (non-hydrogen) atoms. The van der Waals surface area contributed by atoms with E-state index in [4.69, 9.17) is 0 Å². The largest absolute Gasteiger partial charge is 0.480 e. The molecule has 1 aliphatic heterocycles. The molecular weight excluding hydrogens is 310 g/mol. The molecule has 0 aromatic carbocycles. The van der Waals surface area contributed by atoms with Crippen LogP contribution in [-0.4, -0.2) is 43.9 Å². The van der Waals surface area contributed by atoms with Gasteiger partial charge in [-0.25, -0.2) is 9.78 Å². The first-order valence-corrected chi connectivity index (χ1v) is 8.23. The third kappa shape index (κ3) is 1.86. The van der Waals surface area contributed by atoms with E-state index in [0.29, 0.717) is 17.8 Å². The highest BCUT2D eigenvalue weighted by Gasteiger charge is 2.35. The van der Waals surface area contributed by atoms with Gasteiger partial charge in [-0.2, -0.15) is 0 Å². The standard InChI is InChI=1S/C13H11N3O3S2/c17-11(15-3-1-2-7(15)12(18)19)9-6-8-10(21-9)14-13-16(8)4-5-20-13/h4-7H,1-3H2,(H,18,19)/t7-/m0/s1. The van der Waals surface area contributed by atoms with Crippen LogP contribution in [0.15, 0.2) is 17.6 Å². The molecule has 4 heterocycles. The molecule has 0 unspecified atom stereocenters. The molecule has 3 aromatic rings. The summed E-state index contributed by atoms with van der Waals surface area (Å²) in [6, 6.07) is 1.11. The monoisotopic (exact) mass is 321 g/mol. The molecule has 1 fully saturated rings. The van der Waals surface area contributed by atoms with Gasteiger partial charge in [0.25, 0.3) is 5.91 Å². The second kappa shape index (κ2) is 4.54. The fourth-order valence-electron chi connectivity index (χ4n) is 2.76. The Bertz CT molecular complexity index is 863. The number of thiophene rings is 1. The minimum atomic E-state index is -0.927. The summed E-state index contributed by atoms with van der Waals surface area (Å²) >= 11 is 2.87. The highest BCUT2D eigenvalue weighted by molar-refractivity contribution is 7.21. The Kier molecular flexibility index (Phi) is 2.76. The number of rotatable bonds is 2. The van der Waals surface area contributed by atoms with E-state index in [-0.39, 0.29) is 5.91 Å². The first-order valence-electron chi connectivity index (χ1n) is 6.54. The number of aromatic nitrogens is 2. The lowest BCUT2D eigenvalue weighted by Crippen LogP contribution is -2.40. The number of hydrogen-bond donors (Lipinski definition) is 1. The van der Waals surface area contributed by atoms with E-state index in [1.54, 1.807) is 11.3 Å². The van der Waals surface area contributed by atoms with Crippen molar-refractivity contribution in [2.24, 2.45) is 0 Å². The number of carboxylic acid groups (broad SMARTS) is 1. The van der Waals surface area contributed by atoms with Gasteiger partial charge in [0.05, 0.1) is 10.4 Å². The summed E-state index contributed by atoms with van der Waals surface area (Å²) in [7, 11) is 0. The van der Waals surface area contributed by atoms with E-state index in [9.17, 15) is 14.7 Å². The SMILES string of the molecule is O=C(O)[C@@H]1CCCN1C(=O)c1cc2c(nc3sccn32)s1. The molecular formula is C13H11N3O3S2. The minimum Gasteiger partial charge on any atom is -0.480 e. The van der Waals surface area contributed by atoms with Gasteiger partial charge >= 0.3 is 5.97 Å². The number of fused-ring (bicyclic) bond motifs is 3. The van der Waals surface area contributed by atoms with Crippen LogP contribution >= 0.6 is 22.7 Å². The van der Waals surface area contributed by atoms with Crippen LogP contribution in [0.25, 0.3) is 15.3 Å². The van der Waals surface area contributed by atoms with Crippen LogP contribution in [-0.2, 0) is 4.79 Å². The summed E-state index contributed by atoms with van der Waals surface area (Å²) < 4.78 is 1.95. The van der Waals surface area contributed by atoms with Gasteiger partial charge in [0, 0.05) is 18.1 Å². The lowest BCUT2D eigenvalue weighted by Gasteiger charge is -2.20. The number of amides is 1. The van der Waals surface area contributed by atoms with Crippen molar-refractivity contribution in [2.45, 2.75) is 18.9 Å². The van der Waals surface area contributed by atoms with Crippen molar-refractivity contribution in [3.8, 4) is 0 Å². The highest BCUT2D eigenvalue weighted by Crippen LogP contribution is 2.30. The topological polar surface area (TPSA) is 74.9 Å². The van der Waals surface area contributed by atoms with Crippen molar-refractivity contribution >= 4 is 49.9 Å². The van der Waals surface area contributed by atoms with E-state index >= 15 is 0 Å². The van der Waals surface area contributed by atoms with E-state index < -0.39 is 12.0 Å². The molecule has 0 saturated carbocycles. The Morgan fingerprint density at radius 3 is 3.10 bits per heavy atom. The second-order valence-corrected chi connectivity index (χ2v) is 6.87. The Labute approximate surface area is 127 Å². The quantitative estimate of drug-likeness (QED) is 0.786. The predicted octanol–water partition coefficient (Wildman–Crippen LogP) is 2.30. The van der Waals surface area contributed by atoms with Crippen LogP contribution in [0.1, 0.15) is 22.5 Å². The molecule has 6 nitrogen and oxygen atoms in total. The van der Waals surface area contributed by atoms with Crippen molar-refractivity contribution in [1.29, 1.82) is 0 Å². The van der Waals surface area contributed by atoms with Crippen LogP contribution in [0.3, 0.4) is 0 Å². The van der Waals surface area contributed by atoms with Crippen LogP contribution < -0.4 is 0 Å². The van der Waals surface area contributed by atoms with Crippen molar-refractivity contribution in [3.05, 3.63) is 22.5 Å². The summed E-state index contributed by atoms with van der Waals surface area (Å²) in [6.45, 7) is 0.506. The average molecular weight is 321 g/mol. The lowest BCUT2D eigenvalue weighted by molar-refractivity contribution is -0.141. The van der Waals surface area contributed by atoms with Crippen molar-refractivity contribution in [1.82, 2.24) is 14.3 Å². The number of carbonyl (C=O) groups is 2. The third-order valence-corrected chi connectivity index (χ3v) is 5.51. The maximum atomic E-state index is 12.5. The normalized spacial score (nSPS) is 18.9. The number of imidazole rings is 1. The summed E-state index contributed by atoms with van der Waals surface area (Å²) in [5, 5.41) is 11.1. The van der Waals surface area contributed by atoms with Crippen LogP contribution in [0, 0.1) is 0 Å². The minimum absolute atomic E-state index is 0.202. The molecule has 1 saturated heterocycles. The molecule has 3 aromatic heterocycles. The molecule has 1 aliphatic rings. The lowest BCUT2D eigenvalue weighted by atomic mass is 10.2. The number of carboxylic acids is 1. The maximum absolute atomic E-state index is 12.5. The zero-order valence-electron chi connectivity index (χ0n) is 10.9. The summed E-state index contributed by atoms with van der Waals surface area (Å²) in [6.07, 6.45) is 3.19. The van der Waals surface area contributed by atoms with Crippen LogP contribution in [0.4, 0.5) is 0 Å². The number of nitrogens with zero attached hydrogens (tertiary/aromatic N) is 3. The van der Waals surface area contributed by atoms with Gasteiger partial charge in [-0.3, -0.25) is 9.20 Å². The summed E-state index contributed by atoms with van der Waals surface area (Å²) in [5.41, 5.74) is 0.908. The van der Waals surface area contributed by atoms with Crippen LogP contribution in [0.5, 0.6) is 0 Å².